The third-order valence-corrected chi connectivity index (χ3v) is 3.28. The molecule has 0 aliphatic rings. The molecule has 0 aromatic heterocycles. The highest BCUT2D eigenvalue weighted by Gasteiger charge is 2.12. The quantitative estimate of drug-likeness (QED) is 0.609. The second-order valence-electron chi connectivity index (χ2n) is 7.48. The van der Waals surface area contributed by atoms with Gasteiger partial charge in [-0.2, -0.15) is 0 Å². The summed E-state index contributed by atoms with van der Waals surface area (Å²) in [4.78, 5) is 14.2. The smallest absolute Gasteiger partial charge is 0.134 e. The van der Waals surface area contributed by atoms with Gasteiger partial charge in [0.2, 0.25) is 0 Å². The van der Waals surface area contributed by atoms with Gasteiger partial charge in [0.25, 0.3) is 0 Å². The Labute approximate surface area is 147 Å². The topological polar surface area (TPSA) is 57.5 Å². The first kappa shape index (κ1) is 22.5. The van der Waals surface area contributed by atoms with E-state index in [4.69, 9.17) is 14.4 Å². The predicted molar refractivity (Wildman–Crippen MR) is 102 cm³/mol. The molecule has 0 fully saturated rings. The van der Waals surface area contributed by atoms with Gasteiger partial charge in [-0.15, -0.1) is 9.79 Å². The fourth-order valence-electron chi connectivity index (χ4n) is 1.88. The third-order valence-electron chi connectivity index (χ3n) is 3.28. The zero-order valence-electron chi connectivity index (χ0n) is 15.5. The Kier molecular flexibility index (Phi) is 9.69. The lowest BCUT2D eigenvalue weighted by Crippen LogP contribution is -2.10. The maximum absolute atomic E-state index is 8.70. The van der Waals surface area contributed by atoms with Crippen LogP contribution in [0.15, 0.2) is 60.7 Å². The Hall–Kier alpha value is -1.54. The summed E-state index contributed by atoms with van der Waals surface area (Å²) in [6.45, 7) is 13.3. The molecule has 0 aliphatic heterocycles. The van der Waals surface area contributed by atoms with Gasteiger partial charge in [-0.05, 0) is 22.0 Å². The maximum atomic E-state index is 8.70. The Morgan fingerprint density at radius 1 is 0.625 bits per heavy atom. The van der Waals surface area contributed by atoms with Crippen LogP contribution in [0.1, 0.15) is 52.7 Å². The molecule has 0 saturated carbocycles. The highest BCUT2D eigenvalue weighted by molar-refractivity contribution is 7.30. The van der Waals surface area contributed by atoms with Crippen molar-refractivity contribution in [3.05, 3.63) is 71.8 Å². The second-order valence-corrected chi connectivity index (χ2v) is 7.99. The second kappa shape index (κ2) is 10.4. The summed E-state index contributed by atoms with van der Waals surface area (Å²) in [5, 5.41) is 0. The Bertz CT molecular complexity index is 528. The lowest BCUT2D eigenvalue weighted by atomic mass is 9.87. The van der Waals surface area contributed by atoms with Gasteiger partial charge < -0.3 is 0 Å². The average molecular weight is 349 g/mol. The molecule has 2 aromatic carbocycles. The molecule has 2 aromatic rings. The summed E-state index contributed by atoms with van der Waals surface area (Å²) in [5.41, 5.74) is 3.38. The van der Waals surface area contributed by atoms with Crippen LogP contribution in [0.5, 0.6) is 0 Å². The lowest BCUT2D eigenvalue weighted by Gasteiger charge is -2.18. The zero-order chi connectivity index (χ0) is 18.8. The van der Waals surface area contributed by atoms with Crippen LogP contribution in [-0.4, -0.2) is 9.79 Å². The van der Waals surface area contributed by atoms with Crippen LogP contribution in [0, 0.1) is 0 Å². The zero-order valence-corrected chi connectivity index (χ0v) is 16.4. The molecular weight excluding hydrogens is 319 g/mol. The van der Waals surface area contributed by atoms with E-state index in [1.165, 1.54) is 11.1 Å². The molecule has 0 radical (unpaired) electrons. The van der Waals surface area contributed by atoms with Crippen LogP contribution in [0.3, 0.4) is 0 Å². The van der Waals surface area contributed by atoms with Crippen molar-refractivity contribution in [3.63, 3.8) is 0 Å². The van der Waals surface area contributed by atoms with Crippen LogP contribution >= 0.6 is 8.25 Å². The van der Waals surface area contributed by atoms with Crippen molar-refractivity contribution in [2.24, 2.45) is 0 Å². The van der Waals surface area contributed by atoms with Crippen LogP contribution in [0.2, 0.25) is 0 Å². The summed E-state index contributed by atoms with van der Waals surface area (Å²) in [6, 6.07) is 21.1. The monoisotopic (exact) mass is 349 g/mol. The van der Waals surface area contributed by atoms with Crippen LogP contribution in [0.4, 0.5) is 0 Å². The Morgan fingerprint density at radius 3 is 0.958 bits per heavy atom. The molecule has 132 valence electrons. The average Bonchev–Trinajstić information content (AvgIpc) is 2.47. The maximum Gasteiger partial charge on any atom is 0.692 e. The third kappa shape index (κ3) is 11.1. The van der Waals surface area contributed by atoms with E-state index in [1.807, 2.05) is 0 Å². The van der Waals surface area contributed by atoms with Crippen molar-refractivity contribution in [2.45, 2.75) is 52.4 Å². The molecular formula is C20H30O3P+. The predicted octanol–water partition coefficient (Wildman–Crippen LogP) is 5.60. The van der Waals surface area contributed by atoms with Gasteiger partial charge in [0.1, 0.15) is 0 Å². The van der Waals surface area contributed by atoms with E-state index in [-0.39, 0.29) is 0 Å². The minimum Gasteiger partial charge on any atom is -0.134 e. The minimum absolute atomic E-state index is 0.293. The van der Waals surface area contributed by atoms with E-state index in [0.29, 0.717) is 10.8 Å². The summed E-state index contributed by atoms with van der Waals surface area (Å²) < 4.78 is 8.70. The van der Waals surface area contributed by atoms with Gasteiger partial charge in [-0.25, -0.2) is 0 Å². The largest absolute Gasteiger partial charge is 0.692 e. The van der Waals surface area contributed by atoms with E-state index < -0.39 is 8.25 Å². The molecule has 0 spiro atoms. The van der Waals surface area contributed by atoms with Crippen LogP contribution in [-0.2, 0) is 15.4 Å². The number of rotatable bonds is 0. The normalized spacial score (nSPS) is 10.7. The van der Waals surface area contributed by atoms with Crippen molar-refractivity contribution < 1.29 is 14.4 Å². The first-order chi connectivity index (χ1) is 10.9. The molecule has 0 heterocycles. The van der Waals surface area contributed by atoms with Gasteiger partial charge in [0, 0.05) is 4.57 Å². The highest BCUT2D eigenvalue weighted by Crippen LogP contribution is 2.21. The molecule has 0 amide bonds. The van der Waals surface area contributed by atoms with Crippen molar-refractivity contribution in [2.75, 3.05) is 0 Å². The fraction of sp³-hybridized carbons (Fsp3) is 0.400. The molecule has 0 atom stereocenters. The molecule has 24 heavy (non-hydrogen) atoms. The van der Waals surface area contributed by atoms with Crippen molar-refractivity contribution in [1.82, 2.24) is 0 Å². The molecule has 0 bridgehead atoms. The summed E-state index contributed by atoms with van der Waals surface area (Å²) in [7, 11) is -2.87. The molecule has 0 unspecified atom stereocenters. The molecule has 0 aliphatic carbocycles. The van der Waals surface area contributed by atoms with E-state index in [2.05, 4.69) is 102 Å². The van der Waals surface area contributed by atoms with E-state index in [1.54, 1.807) is 0 Å². The summed E-state index contributed by atoms with van der Waals surface area (Å²) in [5.74, 6) is 0. The van der Waals surface area contributed by atoms with Gasteiger partial charge in [-0.1, -0.05) is 102 Å². The fourth-order valence-corrected chi connectivity index (χ4v) is 1.88. The first-order valence-corrected chi connectivity index (χ1v) is 9.07. The number of hydrogen-bond acceptors (Lipinski definition) is 1. The van der Waals surface area contributed by atoms with E-state index in [9.17, 15) is 0 Å². The highest BCUT2D eigenvalue weighted by atomic mass is 31.1. The van der Waals surface area contributed by atoms with Crippen molar-refractivity contribution >= 4 is 8.25 Å². The summed E-state index contributed by atoms with van der Waals surface area (Å²) >= 11 is 0. The molecule has 4 heteroatoms. The van der Waals surface area contributed by atoms with Gasteiger partial charge in [-0.3, -0.25) is 0 Å². The van der Waals surface area contributed by atoms with Gasteiger partial charge in [0.05, 0.1) is 0 Å². The molecule has 0 saturated heterocycles. The molecule has 3 nitrogen and oxygen atoms in total. The lowest BCUT2D eigenvalue weighted by molar-refractivity contribution is 0.405. The van der Waals surface area contributed by atoms with Crippen LogP contribution < -0.4 is 0 Å². The van der Waals surface area contributed by atoms with Crippen molar-refractivity contribution in [1.29, 1.82) is 0 Å². The minimum atomic E-state index is -2.87. The molecule has 2 rings (SSSR count). The van der Waals surface area contributed by atoms with Crippen molar-refractivity contribution in [3.8, 4) is 0 Å². The van der Waals surface area contributed by atoms with E-state index in [0.717, 1.165) is 0 Å². The Balaban J connectivity index is 0.000000363. The van der Waals surface area contributed by atoms with Crippen LogP contribution in [0.25, 0.3) is 0 Å². The van der Waals surface area contributed by atoms with Gasteiger partial charge >= 0.3 is 8.25 Å². The number of benzene rings is 2. The number of hydrogen-bond donors (Lipinski definition) is 2. The van der Waals surface area contributed by atoms with E-state index >= 15 is 0 Å². The molecule has 2 N–H and O–H groups in total. The summed E-state index contributed by atoms with van der Waals surface area (Å²) in [6.07, 6.45) is 0. The Morgan fingerprint density at radius 2 is 0.833 bits per heavy atom. The SMILES string of the molecule is CC(C)(C)c1ccccc1.CC(C)(C)c1ccccc1.O=[P+](O)O. The van der Waals surface area contributed by atoms with Gasteiger partial charge in [0.15, 0.2) is 0 Å². The standard InChI is InChI=1S/2C10H14.HO3P/c2*1-10(2,3)9-7-5-4-6-8-9;1-4(2)3/h2*4-8H,1-3H3;(H-,1,2,3)/p+1. The first-order valence-electron chi connectivity index (χ1n) is 7.90.